The number of nitrogens with zero attached hydrogens (tertiary/aromatic N) is 4. The number of hydrogen-bond acceptors (Lipinski definition) is 6. The van der Waals surface area contributed by atoms with Crippen molar-refractivity contribution in [3.05, 3.63) is 58.9 Å². The Bertz CT molecular complexity index is 856. The molecule has 0 saturated heterocycles. The summed E-state index contributed by atoms with van der Waals surface area (Å²) in [6.07, 6.45) is 2.52. The van der Waals surface area contributed by atoms with Crippen LogP contribution in [0.25, 0.3) is 11.3 Å². The molecule has 24 heavy (non-hydrogen) atoms. The first-order chi connectivity index (χ1) is 11.6. The molecule has 3 aromatic rings. The van der Waals surface area contributed by atoms with Gasteiger partial charge in [-0.25, -0.2) is 0 Å². The van der Waals surface area contributed by atoms with Gasteiger partial charge in [0.15, 0.2) is 11.6 Å². The minimum absolute atomic E-state index is 0.104. The van der Waals surface area contributed by atoms with E-state index in [0.717, 1.165) is 11.8 Å². The van der Waals surface area contributed by atoms with Crippen LogP contribution >= 0.6 is 0 Å². The third-order valence-electron chi connectivity index (χ3n) is 3.23. The number of hydrogen-bond donors (Lipinski definition) is 1. The quantitative estimate of drug-likeness (QED) is 0.549. The molecule has 1 amide bonds. The van der Waals surface area contributed by atoms with Crippen LogP contribution in [0.2, 0.25) is 0 Å². The zero-order valence-electron chi connectivity index (χ0n) is 12.5. The first kappa shape index (κ1) is 15.4. The Morgan fingerprint density at radius 3 is 2.83 bits per heavy atom. The molecule has 9 nitrogen and oxygen atoms in total. The Labute approximate surface area is 136 Å². The molecule has 0 aliphatic carbocycles. The van der Waals surface area contributed by atoms with Crippen molar-refractivity contribution in [3.8, 4) is 11.3 Å². The van der Waals surface area contributed by atoms with Gasteiger partial charge in [0.2, 0.25) is 5.91 Å². The lowest BCUT2D eigenvalue weighted by Crippen LogP contribution is -2.14. The number of anilines is 1. The summed E-state index contributed by atoms with van der Waals surface area (Å²) in [5, 5.41) is 20.8. The van der Waals surface area contributed by atoms with E-state index in [-0.39, 0.29) is 24.6 Å². The predicted octanol–water partition coefficient (Wildman–Crippen LogP) is 2.48. The Morgan fingerprint density at radius 1 is 1.33 bits per heavy atom. The zero-order chi connectivity index (χ0) is 16.9. The lowest BCUT2D eigenvalue weighted by molar-refractivity contribution is -0.385. The number of rotatable bonds is 6. The number of benzene rings is 1. The number of nitro groups is 1. The Morgan fingerprint density at radius 2 is 2.12 bits per heavy atom. The highest BCUT2D eigenvalue weighted by molar-refractivity contribution is 5.90. The maximum Gasteiger partial charge on any atom is 0.306 e. The van der Waals surface area contributed by atoms with Gasteiger partial charge in [-0.05, 0) is 0 Å². The van der Waals surface area contributed by atoms with Crippen LogP contribution in [0.4, 0.5) is 11.5 Å². The summed E-state index contributed by atoms with van der Waals surface area (Å²) in [5.74, 6) is 0.569. The van der Waals surface area contributed by atoms with E-state index in [4.69, 9.17) is 4.52 Å². The average Bonchev–Trinajstić information content (AvgIpc) is 3.23. The van der Waals surface area contributed by atoms with Crippen LogP contribution in [0.1, 0.15) is 6.42 Å². The predicted molar refractivity (Wildman–Crippen MR) is 84.1 cm³/mol. The fraction of sp³-hybridized carbons (Fsp3) is 0.133. The standard InChI is InChI=1S/C15H13N5O4/c21-15(6-7-19-10-12(9-16-19)20(22)23)17-14-8-13(24-18-14)11-4-2-1-3-5-11/h1-5,8-10H,6-7H2,(H,17,18,21). The number of amides is 1. The van der Waals surface area contributed by atoms with Crippen molar-refractivity contribution < 1.29 is 14.2 Å². The zero-order valence-corrected chi connectivity index (χ0v) is 12.5. The number of aryl methyl sites for hydroxylation is 1. The van der Waals surface area contributed by atoms with Crippen LogP contribution in [0, 0.1) is 10.1 Å². The van der Waals surface area contributed by atoms with E-state index in [1.54, 1.807) is 6.07 Å². The molecule has 0 bridgehead atoms. The van der Waals surface area contributed by atoms with Crippen molar-refractivity contribution >= 4 is 17.4 Å². The highest BCUT2D eigenvalue weighted by atomic mass is 16.6. The maximum absolute atomic E-state index is 11.9. The fourth-order valence-electron chi connectivity index (χ4n) is 2.06. The normalized spacial score (nSPS) is 10.5. The Kier molecular flexibility index (Phi) is 4.32. The van der Waals surface area contributed by atoms with E-state index in [0.29, 0.717) is 11.6 Å². The summed E-state index contributed by atoms with van der Waals surface area (Å²) in [7, 11) is 0. The average molecular weight is 327 g/mol. The molecule has 0 aliphatic heterocycles. The number of nitrogens with one attached hydrogen (secondary N) is 1. The SMILES string of the molecule is O=C(CCn1cc([N+](=O)[O-])cn1)Nc1cc(-c2ccccc2)on1. The second kappa shape index (κ2) is 6.73. The molecule has 0 atom stereocenters. The molecule has 9 heteroatoms. The number of aromatic nitrogens is 3. The van der Waals surface area contributed by atoms with Gasteiger partial charge in [0.1, 0.15) is 12.4 Å². The summed E-state index contributed by atoms with van der Waals surface area (Å²) in [4.78, 5) is 21.9. The van der Waals surface area contributed by atoms with Gasteiger partial charge in [0, 0.05) is 24.6 Å². The molecule has 0 saturated carbocycles. The fourth-order valence-corrected chi connectivity index (χ4v) is 2.06. The summed E-state index contributed by atoms with van der Waals surface area (Å²) >= 11 is 0. The summed E-state index contributed by atoms with van der Waals surface area (Å²) in [6, 6.07) is 11.0. The molecule has 0 radical (unpaired) electrons. The van der Waals surface area contributed by atoms with Crippen molar-refractivity contribution in [2.24, 2.45) is 0 Å². The van der Waals surface area contributed by atoms with E-state index < -0.39 is 4.92 Å². The maximum atomic E-state index is 11.9. The van der Waals surface area contributed by atoms with Gasteiger partial charge in [-0.3, -0.25) is 19.6 Å². The minimum Gasteiger partial charge on any atom is -0.354 e. The van der Waals surface area contributed by atoms with E-state index in [1.165, 1.54) is 10.9 Å². The van der Waals surface area contributed by atoms with E-state index in [9.17, 15) is 14.9 Å². The van der Waals surface area contributed by atoms with Crippen molar-refractivity contribution in [1.82, 2.24) is 14.9 Å². The van der Waals surface area contributed by atoms with E-state index in [2.05, 4.69) is 15.6 Å². The molecular weight excluding hydrogens is 314 g/mol. The van der Waals surface area contributed by atoms with Crippen LogP contribution in [-0.4, -0.2) is 25.8 Å². The van der Waals surface area contributed by atoms with Crippen molar-refractivity contribution in [3.63, 3.8) is 0 Å². The second-order valence-electron chi connectivity index (χ2n) is 4.96. The van der Waals surface area contributed by atoms with Gasteiger partial charge in [-0.2, -0.15) is 5.10 Å². The molecule has 122 valence electrons. The molecule has 0 unspecified atom stereocenters. The second-order valence-corrected chi connectivity index (χ2v) is 4.96. The molecule has 3 rings (SSSR count). The molecular formula is C15H13N5O4. The van der Waals surface area contributed by atoms with Gasteiger partial charge < -0.3 is 9.84 Å². The third kappa shape index (κ3) is 3.64. The number of carbonyl (C=O) groups is 1. The van der Waals surface area contributed by atoms with Crippen molar-refractivity contribution in [1.29, 1.82) is 0 Å². The van der Waals surface area contributed by atoms with Crippen molar-refractivity contribution in [2.75, 3.05) is 5.32 Å². The van der Waals surface area contributed by atoms with E-state index >= 15 is 0 Å². The van der Waals surface area contributed by atoms with Gasteiger partial charge >= 0.3 is 5.69 Å². The van der Waals surface area contributed by atoms with Crippen LogP contribution in [0.5, 0.6) is 0 Å². The Hall–Kier alpha value is -3.49. The minimum atomic E-state index is -0.538. The number of carbonyl (C=O) groups excluding carboxylic acids is 1. The van der Waals surface area contributed by atoms with Crippen LogP contribution in [0.3, 0.4) is 0 Å². The first-order valence-electron chi connectivity index (χ1n) is 7.10. The summed E-state index contributed by atoms with van der Waals surface area (Å²) < 4.78 is 6.53. The smallest absolute Gasteiger partial charge is 0.306 e. The van der Waals surface area contributed by atoms with Gasteiger partial charge in [0.25, 0.3) is 0 Å². The first-order valence-corrected chi connectivity index (χ1v) is 7.10. The lowest BCUT2D eigenvalue weighted by atomic mass is 10.2. The molecule has 0 aliphatic rings. The van der Waals surface area contributed by atoms with Crippen LogP contribution in [-0.2, 0) is 11.3 Å². The molecule has 1 N–H and O–H groups in total. The largest absolute Gasteiger partial charge is 0.354 e. The van der Waals surface area contributed by atoms with Crippen molar-refractivity contribution in [2.45, 2.75) is 13.0 Å². The Balaban J connectivity index is 1.55. The highest BCUT2D eigenvalue weighted by Gasteiger charge is 2.12. The summed E-state index contributed by atoms with van der Waals surface area (Å²) in [5.41, 5.74) is 0.744. The van der Waals surface area contributed by atoms with Crippen LogP contribution in [0.15, 0.2) is 53.3 Å². The summed E-state index contributed by atoms with van der Waals surface area (Å²) in [6.45, 7) is 0.225. The highest BCUT2D eigenvalue weighted by Crippen LogP contribution is 2.21. The molecule has 0 fully saturated rings. The molecule has 2 heterocycles. The molecule has 1 aromatic carbocycles. The van der Waals surface area contributed by atoms with Crippen LogP contribution < -0.4 is 5.32 Å². The topological polar surface area (TPSA) is 116 Å². The third-order valence-corrected chi connectivity index (χ3v) is 3.23. The van der Waals surface area contributed by atoms with E-state index in [1.807, 2.05) is 30.3 Å². The van der Waals surface area contributed by atoms with Gasteiger partial charge in [0.05, 0.1) is 4.92 Å². The monoisotopic (exact) mass is 327 g/mol. The molecule has 0 spiro atoms. The lowest BCUT2D eigenvalue weighted by Gasteiger charge is -2.01. The van der Waals surface area contributed by atoms with Gasteiger partial charge in [-0.1, -0.05) is 35.5 Å². The van der Waals surface area contributed by atoms with Gasteiger partial charge in [-0.15, -0.1) is 0 Å². The molecule has 2 aromatic heterocycles.